The summed E-state index contributed by atoms with van der Waals surface area (Å²) in [7, 11) is 0. The standard InChI is InChI=1S/C22H27N3O2/c1-17-5-7-18(8-6-17)16-22(13-10-21(27)25-22)12-9-20(26)24-15-11-19-4-2-3-14-23-19/h2-8,14H,9-13,15-16H2,1H3,(H,24,26)(H,25,27)/t22-/m1/s1. The van der Waals surface area contributed by atoms with Crippen molar-refractivity contribution in [3.05, 3.63) is 65.5 Å². The Hall–Kier alpha value is -2.69. The Balaban J connectivity index is 1.51. The number of nitrogens with zero attached hydrogens (tertiary/aromatic N) is 1. The third kappa shape index (κ3) is 5.64. The van der Waals surface area contributed by atoms with Gasteiger partial charge in [0, 0.05) is 43.2 Å². The van der Waals surface area contributed by atoms with Gasteiger partial charge in [-0.3, -0.25) is 14.6 Å². The summed E-state index contributed by atoms with van der Waals surface area (Å²) in [6, 6.07) is 14.2. The molecule has 2 heterocycles. The number of pyridine rings is 1. The largest absolute Gasteiger partial charge is 0.356 e. The van der Waals surface area contributed by atoms with E-state index in [2.05, 4.69) is 46.8 Å². The number of aromatic nitrogens is 1. The molecule has 2 N–H and O–H groups in total. The van der Waals surface area contributed by atoms with Crippen LogP contribution in [0.2, 0.25) is 0 Å². The van der Waals surface area contributed by atoms with E-state index in [1.165, 1.54) is 11.1 Å². The molecule has 0 spiro atoms. The lowest BCUT2D eigenvalue weighted by molar-refractivity contribution is -0.122. The molecule has 1 atom stereocenters. The van der Waals surface area contributed by atoms with Crippen LogP contribution in [-0.4, -0.2) is 28.9 Å². The van der Waals surface area contributed by atoms with Crippen molar-refractivity contribution in [2.45, 2.75) is 51.0 Å². The summed E-state index contributed by atoms with van der Waals surface area (Å²) in [6.07, 6.45) is 5.62. The topological polar surface area (TPSA) is 71.1 Å². The Morgan fingerprint density at radius 1 is 1.22 bits per heavy atom. The van der Waals surface area contributed by atoms with E-state index in [9.17, 15) is 9.59 Å². The summed E-state index contributed by atoms with van der Waals surface area (Å²) in [5.41, 5.74) is 3.07. The van der Waals surface area contributed by atoms with Gasteiger partial charge in [-0.25, -0.2) is 0 Å². The second kappa shape index (κ2) is 8.80. The van der Waals surface area contributed by atoms with Crippen LogP contribution in [0.1, 0.15) is 42.5 Å². The fraction of sp³-hybridized carbons (Fsp3) is 0.409. The van der Waals surface area contributed by atoms with E-state index in [1.807, 2.05) is 18.2 Å². The van der Waals surface area contributed by atoms with E-state index in [0.717, 1.165) is 25.0 Å². The number of carbonyl (C=O) groups excluding carboxylic acids is 2. The first-order valence-electron chi connectivity index (χ1n) is 9.58. The molecule has 1 aliphatic rings. The van der Waals surface area contributed by atoms with Gasteiger partial charge >= 0.3 is 0 Å². The maximum Gasteiger partial charge on any atom is 0.220 e. The minimum Gasteiger partial charge on any atom is -0.356 e. The number of hydrogen-bond donors (Lipinski definition) is 2. The van der Waals surface area contributed by atoms with Gasteiger partial charge in [0.05, 0.1) is 0 Å². The molecular weight excluding hydrogens is 338 g/mol. The van der Waals surface area contributed by atoms with Crippen LogP contribution < -0.4 is 10.6 Å². The van der Waals surface area contributed by atoms with Crippen LogP contribution in [0.15, 0.2) is 48.7 Å². The van der Waals surface area contributed by atoms with Crippen LogP contribution in [-0.2, 0) is 22.4 Å². The van der Waals surface area contributed by atoms with Crippen LogP contribution in [0.3, 0.4) is 0 Å². The quantitative estimate of drug-likeness (QED) is 0.756. The molecule has 27 heavy (non-hydrogen) atoms. The zero-order valence-electron chi connectivity index (χ0n) is 15.8. The van der Waals surface area contributed by atoms with E-state index >= 15 is 0 Å². The number of hydrogen-bond acceptors (Lipinski definition) is 3. The van der Waals surface area contributed by atoms with Gasteiger partial charge in [-0.05, 0) is 43.9 Å². The summed E-state index contributed by atoms with van der Waals surface area (Å²) in [6.45, 7) is 2.64. The second-order valence-electron chi connectivity index (χ2n) is 7.41. The third-order valence-electron chi connectivity index (χ3n) is 5.16. The predicted molar refractivity (Wildman–Crippen MR) is 105 cm³/mol. The van der Waals surface area contributed by atoms with Crippen molar-refractivity contribution in [1.82, 2.24) is 15.6 Å². The fourth-order valence-electron chi connectivity index (χ4n) is 3.60. The molecule has 0 bridgehead atoms. The lowest BCUT2D eigenvalue weighted by Crippen LogP contribution is -2.44. The lowest BCUT2D eigenvalue weighted by atomic mass is 9.84. The van der Waals surface area contributed by atoms with Gasteiger partial charge in [0.25, 0.3) is 0 Å². The highest BCUT2D eigenvalue weighted by atomic mass is 16.2. The van der Waals surface area contributed by atoms with Gasteiger partial charge in [-0.15, -0.1) is 0 Å². The summed E-state index contributed by atoms with van der Waals surface area (Å²) < 4.78 is 0. The molecule has 0 aliphatic carbocycles. The van der Waals surface area contributed by atoms with E-state index < -0.39 is 0 Å². The van der Waals surface area contributed by atoms with Crippen molar-refractivity contribution in [3.8, 4) is 0 Å². The smallest absolute Gasteiger partial charge is 0.220 e. The van der Waals surface area contributed by atoms with E-state index in [0.29, 0.717) is 25.8 Å². The number of aryl methyl sites for hydroxylation is 1. The fourth-order valence-corrected chi connectivity index (χ4v) is 3.60. The van der Waals surface area contributed by atoms with Crippen molar-refractivity contribution in [3.63, 3.8) is 0 Å². The summed E-state index contributed by atoms with van der Waals surface area (Å²) in [5, 5.41) is 6.10. The van der Waals surface area contributed by atoms with E-state index in [4.69, 9.17) is 0 Å². The Bertz CT molecular complexity index is 774. The first-order chi connectivity index (χ1) is 13.0. The average molecular weight is 365 g/mol. The van der Waals surface area contributed by atoms with Crippen LogP contribution in [0.25, 0.3) is 0 Å². The average Bonchev–Trinajstić information content (AvgIpc) is 3.04. The molecule has 1 aromatic heterocycles. The van der Waals surface area contributed by atoms with Gasteiger partial charge < -0.3 is 10.6 Å². The first-order valence-corrected chi connectivity index (χ1v) is 9.58. The molecular formula is C22H27N3O2. The SMILES string of the molecule is Cc1ccc(C[C@@]2(CCC(=O)NCCc3ccccn3)CCC(=O)N2)cc1. The second-order valence-corrected chi connectivity index (χ2v) is 7.41. The number of benzene rings is 1. The molecule has 1 aliphatic heterocycles. The molecule has 1 saturated heterocycles. The van der Waals surface area contributed by atoms with Crippen LogP contribution in [0, 0.1) is 6.92 Å². The molecule has 3 rings (SSSR count). The van der Waals surface area contributed by atoms with Gasteiger partial charge in [0.2, 0.25) is 11.8 Å². The lowest BCUT2D eigenvalue weighted by Gasteiger charge is -2.29. The maximum atomic E-state index is 12.3. The van der Waals surface area contributed by atoms with E-state index in [1.54, 1.807) is 6.20 Å². The minimum atomic E-state index is -0.315. The van der Waals surface area contributed by atoms with Crippen molar-refractivity contribution >= 4 is 11.8 Å². The number of rotatable bonds is 8. The normalized spacial score (nSPS) is 18.9. The van der Waals surface area contributed by atoms with Crippen LogP contribution in [0.5, 0.6) is 0 Å². The monoisotopic (exact) mass is 365 g/mol. The van der Waals surface area contributed by atoms with Crippen LogP contribution >= 0.6 is 0 Å². The zero-order chi connectivity index (χ0) is 19.1. The number of nitrogens with one attached hydrogen (secondary N) is 2. The molecule has 5 heteroatoms. The Kier molecular flexibility index (Phi) is 6.22. The number of amides is 2. The van der Waals surface area contributed by atoms with Crippen molar-refractivity contribution < 1.29 is 9.59 Å². The zero-order valence-corrected chi connectivity index (χ0v) is 15.8. The van der Waals surface area contributed by atoms with Crippen LogP contribution in [0.4, 0.5) is 0 Å². The Morgan fingerprint density at radius 3 is 2.70 bits per heavy atom. The molecule has 5 nitrogen and oxygen atoms in total. The maximum absolute atomic E-state index is 12.3. The van der Waals surface area contributed by atoms with Crippen molar-refractivity contribution in [1.29, 1.82) is 0 Å². The molecule has 2 amide bonds. The Labute approximate surface area is 160 Å². The third-order valence-corrected chi connectivity index (χ3v) is 5.16. The summed E-state index contributed by atoms with van der Waals surface area (Å²) in [4.78, 5) is 28.4. The molecule has 0 radical (unpaired) electrons. The number of carbonyl (C=O) groups is 2. The van der Waals surface area contributed by atoms with Crippen molar-refractivity contribution in [2.24, 2.45) is 0 Å². The Morgan fingerprint density at radius 2 is 2.04 bits per heavy atom. The first kappa shape index (κ1) is 19.1. The summed E-state index contributed by atoms with van der Waals surface area (Å²) >= 11 is 0. The molecule has 1 fully saturated rings. The molecule has 142 valence electrons. The molecule has 1 aromatic carbocycles. The van der Waals surface area contributed by atoms with Gasteiger partial charge in [0.1, 0.15) is 0 Å². The molecule has 0 saturated carbocycles. The molecule has 2 aromatic rings. The van der Waals surface area contributed by atoms with E-state index in [-0.39, 0.29) is 17.4 Å². The summed E-state index contributed by atoms with van der Waals surface area (Å²) in [5.74, 6) is 0.105. The highest BCUT2D eigenvalue weighted by molar-refractivity contribution is 5.80. The predicted octanol–water partition coefficient (Wildman–Crippen LogP) is 2.72. The van der Waals surface area contributed by atoms with Crippen molar-refractivity contribution in [2.75, 3.05) is 6.54 Å². The highest BCUT2D eigenvalue weighted by Crippen LogP contribution is 2.29. The van der Waals surface area contributed by atoms with Gasteiger partial charge in [-0.2, -0.15) is 0 Å². The minimum absolute atomic E-state index is 0.0235. The van der Waals surface area contributed by atoms with Gasteiger partial charge in [0.15, 0.2) is 0 Å². The molecule has 0 unspecified atom stereocenters. The van der Waals surface area contributed by atoms with Gasteiger partial charge in [-0.1, -0.05) is 35.9 Å². The highest BCUT2D eigenvalue weighted by Gasteiger charge is 2.37.